The van der Waals surface area contributed by atoms with Crippen molar-refractivity contribution in [1.29, 1.82) is 0 Å². The van der Waals surface area contributed by atoms with Gasteiger partial charge in [0.2, 0.25) is 0 Å². The van der Waals surface area contributed by atoms with Crippen LogP contribution in [0.2, 0.25) is 0 Å². The molecule has 0 N–H and O–H groups in total. The van der Waals surface area contributed by atoms with Gasteiger partial charge in [-0.1, -0.05) is 30.3 Å². The van der Waals surface area contributed by atoms with E-state index < -0.39 is 24.3 Å². The summed E-state index contributed by atoms with van der Waals surface area (Å²) in [6.07, 6.45) is 1.62. The largest absolute Gasteiger partial charge is 0.548 e. The number of methoxy groups -OCH3 is 1. The molecule has 1 aliphatic rings. The third-order valence-electron chi connectivity index (χ3n) is 3.88. The Labute approximate surface area is 143 Å². The highest BCUT2D eigenvalue weighted by molar-refractivity contribution is 6.34. The molecule has 0 saturated heterocycles. The SMILES string of the molecule is COc1ccc(/C=C2\C(=O)N(CC(=O)[O-])C(=O)c3ccccc32)cc1. The molecule has 0 bridgehead atoms. The molecule has 0 fully saturated rings. The topological polar surface area (TPSA) is 86.7 Å². The third kappa shape index (κ3) is 3.14. The molecule has 2 aromatic rings. The zero-order chi connectivity index (χ0) is 18.0. The van der Waals surface area contributed by atoms with Gasteiger partial charge in [-0.25, -0.2) is 0 Å². The van der Waals surface area contributed by atoms with Crippen molar-refractivity contribution in [2.45, 2.75) is 0 Å². The van der Waals surface area contributed by atoms with Crippen LogP contribution in [0.25, 0.3) is 11.6 Å². The maximum absolute atomic E-state index is 12.7. The number of rotatable bonds is 4. The van der Waals surface area contributed by atoms with Crippen molar-refractivity contribution in [3.63, 3.8) is 0 Å². The van der Waals surface area contributed by atoms with Crippen LogP contribution in [0.5, 0.6) is 5.75 Å². The molecule has 0 saturated carbocycles. The Morgan fingerprint density at radius 1 is 1.04 bits per heavy atom. The fourth-order valence-corrected chi connectivity index (χ4v) is 2.68. The van der Waals surface area contributed by atoms with E-state index in [-0.39, 0.29) is 11.1 Å². The molecule has 0 unspecified atom stereocenters. The zero-order valence-corrected chi connectivity index (χ0v) is 13.4. The van der Waals surface area contributed by atoms with Gasteiger partial charge in [0.25, 0.3) is 11.8 Å². The Kier molecular flexibility index (Phi) is 4.35. The summed E-state index contributed by atoms with van der Waals surface area (Å²) >= 11 is 0. The number of ether oxygens (including phenoxy) is 1. The molecular weight excluding hydrogens is 322 g/mol. The Hall–Kier alpha value is -3.41. The fourth-order valence-electron chi connectivity index (χ4n) is 2.68. The summed E-state index contributed by atoms with van der Waals surface area (Å²) in [4.78, 5) is 36.7. The van der Waals surface area contributed by atoms with E-state index in [2.05, 4.69) is 0 Å². The lowest BCUT2D eigenvalue weighted by atomic mass is 9.92. The number of hydrogen-bond donors (Lipinski definition) is 0. The van der Waals surface area contributed by atoms with E-state index in [4.69, 9.17) is 4.74 Å². The van der Waals surface area contributed by atoms with Crippen LogP contribution in [0.4, 0.5) is 0 Å². The molecule has 2 amide bonds. The highest BCUT2D eigenvalue weighted by Gasteiger charge is 2.34. The first-order chi connectivity index (χ1) is 12.0. The van der Waals surface area contributed by atoms with Gasteiger partial charge in [-0.15, -0.1) is 0 Å². The molecule has 25 heavy (non-hydrogen) atoms. The van der Waals surface area contributed by atoms with E-state index in [1.165, 1.54) is 0 Å². The Balaban J connectivity index is 2.10. The average Bonchev–Trinajstić information content (AvgIpc) is 2.62. The first-order valence-corrected chi connectivity index (χ1v) is 7.52. The van der Waals surface area contributed by atoms with Gasteiger partial charge in [-0.3, -0.25) is 14.5 Å². The van der Waals surface area contributed by atoms with E-state index in [0.717, 1.165) is 5.56 Å². The van der Waals surface area contributed by atoms with E-state index in [1.807, 2.05) is 0 Å². The maximum atomic E-state index is 12.7. The van der Waals surface area contributed by atoms with Crippen LogP contribution >= 0.6 is 0 Å². The van der Waals surface area contributed by atoms with Crippen molar-refractivity contribution in [2.75, 3.05) is 13.7 Å². The Morgan fingerprint density at radius 3 is 2.28 bits per heavy atom. The predicted molar refractivity (Wildman–Crippen MR) is 88.4 cm³/mol. The molecule has 1 aliphatic heterocycles. The van der Waals surface area contributed by atoms with Gasteiger partial charge in [0.1, 0.15) is 5.75 Å². The maximum Gasteiger partial charge on any atom is 0.261 e. The molecule has 6 nitrogen and oxygen atoms in total. The van der Waals surface area contributed by atoms with E-state index in [0.29, 0.717) is 16.2 Å². The number of benzene rings is 2. The number of amides is 2. The van der Waals surface area contributed by atoms with Gasteiger partial charge in [0.15, 0.2) is 0 Å². The molecule has 6 heteroatoms. The highest BCUT2D eigenvalue weighted by atomic mass is 16.5. The summed E-state index contributed by atoms with van der Waals surface area (Å²) in [5.74, 6) is -2.13. The van der Waals surface area contributed by atoms with Gasteiger partial charge in [-0.2, -0.15) is 0 Å². The molecule has 0 aromatic heterocycles. The molecule has 0 radical (unpaired) electrons. The van der Waals surface area contributed by atoms with Crippen molar-refractivity contribution in [1.82, 2.24) is 4.90 Å². The van der Waals surface area contributed by atoms with Crippen molar-refractivity contribution in [2.24, 2.45) is 0 Å². The summed E-state index contributed by atoms with van der Waals surface area (Å²) in [6.45, 7) is -0.786. The van der Waals surface area contributed by atoms with Crippen molar-refractivity contribution >= 4 is 29.4 Å². The van der Waals surface area contributed by atoms with Gasteiger partial charge < -0.3 is 14.6 Å². The summed E-state index contributed by atoms with van der Waals surface area (Å²) in [6, 6.07) is 13.6. The number of nitrogens with zero attached hydrogens (tertiary/aromatic N) is 1. The number of fused-ring (bicyclic) bond motifs is 1. The highest BCUT2D eigenvalue weighted by Crippen LogP contribution is 2.30. The quantitative estimate of drug-likeness (QED) is 0.613. The second-order valence-corrected chi connectivity index (χ2v) is 5.45. The standard InChI is InChI=1S/C19H15NO5/c1-25-13-8-6-12(7-9-13)10-16-14-4-2-3-5-15(14)18(23)20(19(16)24)11-17(21)22/h2-10H,11H2,1H3,(H,21,22)/p-1/b16-10-. The molecule has 0 aliphatic carbocycles. The van der Waals surface area contributed by atoms with Crippen LogP contribution in [0.3, 0.4) is 0 Å². The number of carboxylic acids is 1. The Morgan fingerprint density at radius 2 is 1.68 bits per heavy atom. The minimum atomic E-state index is -1.50. The van der Waals surface area contributed by atoms with Gasteiger partial charge in [-0.05, 0) is 35.4 Å². The lowest BCUT2D eigenvalue weighted by Gasteiger charge is -2.28. The van der Waals surface area contributed by atoms with E-state index >= 15 is 0 Å². The first kappa shape index (κ1) is 16.4. The number of carbonyl (C=O) groups is 3. The summed E-state index contributed by atoms with van der Waals surface area (Å²) < 4.78 is 5.10. The lowest BCUT2D eigenvalue weighted by Crippen LogP contribution is -2.47. The number of carbonyl (C=O) groups excluding carboxylic acids is 3. The van der Waals surface area contributed by atoms with Crippen molar-refractivity contribution in [3.05, 3.63) is 65.2 Å². The predicted octanol–water partition coefficient (Wildman–Crippen LogP) is 0.968. The van der Waals surface area contributed by atoms with Crippen molar-refractivity contribution < 1.29 is 24.2 Å². The molecular formula is C19H14NO5-. The average molecular weight is 336 g/mol. The molecule has 3 rings (SSSR count). The third-order valence-corrected chi connectivity index (χ3v) is 3.88. The van der Waals surface area contributed by atoms with Crippen molar-refractivity contribution in [3.8, 4) is 5.75 Å². The van der Waals surface area contributed by atoms with E-state index in [9.17, 15) is 19.5 Å². The first-order valence-electron chi connectivity index (χ1n) is 7.52. The molecule has 0 atom stereocenters. The summed E-state index contributed by atoms with van der Waals surface area (Å²) in [7, 11) is 1.55. The summed E-state index contributed by atoms with van der Waals surface area (Å²) in [5.41, 5.74) is 1.73. The normalized spacial score (nSPS) is 15.2. The van der Waals surface area contributed by atoms with Gasteiger partial charge in [0, 0.05) is 11.1 Å². The van der Waals surface area contributed by atoms with Crippen LogP contribution in [0, 0.1) is 0 Å². The fraction of sp³-hybridized carbons (Fsp3) is 0.105. The minimum Gasteiger partial charge on any atom is -0.548 e. The lowest BCUT2D eigenvalue weighted by molar-refractivity contribution is -0.305. The molecule has 2 aromatic carbocycles. The van der Waals surface area contributed by atoms with Crippen LogP contribution in [-0.2, 0) is 9.59 Å². The monoisotopic (exact) mass is 336 g/mol. The Bertz CT molecular complexity index is 883. The molecule has 1 heterocycles. The van der Waals surface area contributed by atoms with Gasteiger partial charge in [0.05, 0.1) is 19.6 Å². The van der Waals surface area contributed by atoms with E-state index in [1.54, 1.807) is 61.7 Å². The zero-order valence-electron chi connectivity index (χ0n) is 13.4. The van der Waals surface area contributed by atoms with Crippen LogP contribution in [0.15, 0.2) is 48.5 Å². The minimum absolute atomic E-state index is 0.251. The van der Waals surface area contributed by atoms with Crippen LogP contribution < -0.4 is 9.84 Å². The van der Waals surface area contributed by atoms with Crippen LogP contribution in [-0.4, -0.2) is 36.3 Å². The molecule has 126 valence electrons. The summed E-state index contributed by atoms with van der Waals surface area (Å²) in [5, 5.41) is 10.9. The second kappa shape index (κ2) is 6.60. The number of hydrogen-bond acceptors (Lipinski definition) is 5. The number of carboxylic acid groups (broad SMARTS) is 1. The number of imide groups is 1. The molecule has 0 spiro atoms. The second-order valence-electron chi connectivity index (χ2n) is 5.45. The number of aliphatic carboxylic acids is 1. The van der Waals surface area contributed by atoms with Crippen LogP contribution in [0.1, 0.15) is 21.5 Å². The smallest absolute Gasteiger partial charge is 0.261 e. The van der Waals surface area contributed by atoms with Gasteiger partial charge >= 0.3 is 0 Å².